The first-order valence-corrected chi connectivity index (χ1v) is 12.6. The summed E-state index contributed by atoms with van der Waals surface area (Å²) in [6.45, 7) is 3.94. The second-order valence-corrected chi connectivity index (χ2v) is 9.69. The van der Waals surface area contributed by atoms with Gasteiger partial charge in [-0.15, -0.1) is 24.2 Å². The number of thioether (sulfide) groups is 1. The number of benzene rings is 2. The van der Waals surface area contributed by atoms with E-state index in [0.29, 0.717) is 19.6 Å². The number of halogens is 1. The van der Waals surface area contributed by atoms with Crippen molar-refractivity contribution in [2.75, 3.05) is 51.6 Å². The average Bonchev–Trinajstić information content (AvgIpc) is 3.22. The predicted molar refractivity (Wildman–Crippen MR) is 142 cm³/mol. The van der Waals surface area contributed by atoms with Crippen LogP contribution in [0.2, 0.25) is 0 Å². The fourth-order valence-electron chi connectivity index (χ4n) is 3.15. The molecular formula is C24H32ClN3O3S2. The Labute approximate surface area is 210 Å². The lowest BCUT2D eigenvalue weighted by atomic mass is 10.3. The zero-order chi connectivity index (χ0) is 22.9. The van der Waals surface area contributed by atoms with Crippen LogP contribution in [0.3, 0.4) is 0 Å². The minimum Gasteiger partial charge on any atom is -0.497 e. The first kappa shape index (κ1) is 27.2. The lowest BCUT2D eigenvalue weighted by Gasteiger charge is -2.22. The number of hydrogen-bond acceptors (Lipinski definition) is 7. The summed E-state index contributed by atoms with van der Waals surface area (Å²) >= 11 is 3.30. The molecule has 1 aromatic heterocycles. The van der Waals surface area contributed by atoms with Gasteiger partial charge in [-0.1, -0.05) is 17.4 Å². The summed E-state index contributed by atoms with van der Waals surface area (Å²) in [5.74, 6) is 2.61. The number of methoxy groups -OCH3 is 1. The molecule has 0 atom stereocenters. The Morgan fingerprint density at radius 2 is 1.88 bits per heavy atom. The standard InChI is InChI=1S/C24H31N3O3S2.ClH/c1-5-30-20-8-6-9-21-23(20)25-24(32-21)27(16-15-26(2)3)22(28)10-7-17-31-19-13-11-18(29-4)12-14-19;/h6,8-9,11-14H,5,7,10,15-17H2,1-4H3;1H. The number of rotatable bonds is 12. The smallest absolute Gasteiger partial charge is 0.228 e. The van der Waals surface area contributed by atoms with Crippen molar-refractivity contribution in [2.45, 2.75) is 24.7 Å². The maximum Gasteiger partial charge on any atom is 0.228 e. The molecule has 0 bridgehead atoms. The fourth-order valence-corrected chi connectivity index (χ4v) is 5.03. The summed E-state index contributed by atoms with van der Waals surface area (Å²) < 4.78 is 12.0. The molecule has 0 aliphatic rings. The van der Waals surface area contributed by atoms with Crippen LogP contribution in [0.4, 0.5) is 5.13 Å². The number of amides is 1. The summed E-state index contributed by atoms with van der Waals surface area (Å²) in [4.78, 5) is 23.0. The van der Waals surface area contributed by atoms with Crippen molar-refractivity contribution in [2.24, 2.45) is 0 Å². The molecule has 3 aromatic rings. The number of thiazole rings is 1. The first-order chi connectivity index (χ1) is 15.5. The Morgan fingerprint density at radius 3 is 2.55 bits per heavy atom. The van der Waals surface area contributed by atoms with Crippen LogP contribution in [-0.2, 0) is 4.79 Å². The van der Waals surface area contributed by atoms with Crippen molar-refractivity contribution in [3.63, 3.8) is 0 Å². The molecule has 180 valence electrons. The number of anilines is 1. The van der Waals surface area contributed by atoms with E-state index in [2.05, 4.69) is 4.90 Å². The van der Waals surface area contributed by atoms with Gasteiger partial charge in [0.1, 0.15) is 17.0 Å². The highest BCUT2D eigenvalue weighted by Crippen LogP contribution is 2.34. The monoisotopic (exact) mass is 509 g/mol. The summed E-state index contributed by atoms with van der Waals surface area (Å²) in [5.41, 5.74) is 0.826. The number of hydrogen-bond donors (Lipinski definition) is 0. The van der Waals surface area contributed by atoms with Crippen molar-refractivity contribution in [3.8, 4) is 11.5 Å². The van der Waals surface area contributed by atoms with Gasteiger partial charge in [-0.05, 0) is 69.6 Å². The SMILES string of the molecule is CCOc1cccc2sc(N(CCN(C)C)C(=O)CCCSc3ccc(OC)cc3)nc12.Cl. The van der Waals surface area contributed by atoms with Gasteiger partial charge in [0, 0.05) is 24.4 Å². The Balaban J connectivity index is 0.00000385. The normalized spacial score (nSPS) is 10.8. The minimum atomic E-state index is 0. The maximum atomic E-state index is 13.2. The van der Waals surface area contributed by atoms with Gasteiger partial charge in [0.05, 0.1) is 18.4 Å². The van der Waals surface area contributed by atoms with Crippen molar-refractivity contribution in [1.29, 1.82) is 0 Å². The van der Waals surface area contributed by atoms with Crippen molar-refractivity contribution < 1.29 is 14.3 Å². The van der Waals surface area contributed by atoms with Crippen LogP contribution in [-0.4, -0.2) is 62.4 Å². The number of ether oxygens (including phenoxy) is 2. The molecule has 0 saturated heterocycles. The van der Waals surface area contributed by atoms with Crippen molar-refractivity contribution in [1.82, 2.24) is 9.88 Å². The van der Waals surface area contributed by atoms with E-state index in [4.69, 9.17) is 14.5 Å². The van der Waals surface area contributed by atoms with Crippen LogP contribution in [0, 0.1) is 0 Å². The van der Waals surface area contributed by atoms with E-state index in [-0.39, 0.29) is 18.3 Å². The van der Waals surface area contributed by atoms with Crippen molar-refractivity contribution in [3.05, 3.63) is 42.5 Å². The Morgan fingerprint density at radius 1 is 1.12 bits per heavy atom. The number of fused-ring (bicyclic) bond motifs is 1. The highest BCUT2D eigenvalue weighted by Gasteiger charge is 2.20. The summed E-state index contributed by atoms with van der Waals surface area (Å²) in [7, 11) is 5.69. The van der Waals surface area contributed by atoms with E-state index in [0.717, 1.165) is 45.6 Å². The average molecular weight is 510 g/mol. The van der Waals surface area contributed by atoms with E-state index >= 15 is 0 Å². The quantitative estimate of drug-likeness (QED) is 0.234. The Hall–Kier alpha value is -2.00. The van der Waals surface area contributed by atoms with E-state index in [1.54, 1.807) is 30.2 Å². The van der Waals surface area contributed by atoms with Gasteiger partial charge in [-0.25, -0.2) is 4.98 Å². The molecule has 0 fully saturated rings. The molecule has 1 amide bonds. The molecule has 3 rings (SSSR count). The predicted octanol–water partition coefficient (Wildman–Crippen LogP) is 5.59. The molecular weight excluding hydrogens is 478 g/mol. The van der Waals surface area contributed by atoms with E-state index in [1.165, 1.54) is 4.90 Å². The summed E-state index contributed by atoms with van der Waals surface area (Å²) in [5, 5.41) is 0.738. The Kier molecular flexibility index (Phi) is 11.3. The molecule has 0 unspecified atom stereocenters. The molecule has 33 heavy (non-hydrogen) atoms. The second-order valence-electron chi connectivity index (χ2n) is 7.51. The zero-order valence-electron chi connectivity index (χ0n) is 19.6. The summed E-state index contributed by atoms with van der Waals surface area (Å²) in [6.07, 6.45) is 1.30. The van der Waals surface area contributed by atoms with Gasteiger partial charge in [0.25, 0.3) is 0 Å². The van der Waals surface area contributed by atoms with Crippen LogP contribution in [0.5, 0.6) is 11.5 Å². The number of para-hydroxylation sites is 1. The van der Waals surface area contributed by atoms with E-state index in [1.807, 2.05) is 68.4 Å². The molecule has 0 aliphatic carbocycles. The number of nitrogens with zero attached hydrogens (tertiary/aromatic N) is 3. The van der Waals surface area contributed by atoms with Crippen molar-refractivity contribution >= 4 is 56.8 Å². The minimum absolute atomic E-state index is 0. The van der Waals surface area contributed by atoms with Crippen LogP contribution < -0.4 is 14.4 Å². The number of aromatic nitrogens is 1. The zero-order valence-corrected chi connectivity index (χ0v) is 22.0. The number of carbonyl (C=O) groups excluding carboxylic acids is 1. The van der Waals surface area contributed by atoms with Gasteiger partial charge < -0.3 is 14.4 Å². The van der Waals surface area contributed by atoms with Gasteiger partial charge in [-0.2, -0.15) is 0 Å². The lowest BCUT2D eigenvalue weighted by molar-refractivity contribution is -0.118. The molecule has 0 aliphatic heterocycles. The third-order valence-electron chi connectivity index (χ3n) is 4.84. The number of carbonyl (C=O) groups is 1. The topological polar surface area (TPSA) is 54.9 Å². The maximum absolute atomic E-state index is 13.2. The Bertz CT molecular complexity index is 1010. The molecule has 0 spiro atoms. The van der Waals surface area contributed by atoms with Gasteiger partial charge >= 0.3 is 0 Å². The first-order valence-electron chi connectivity index (χ1n) is 10.8. The van der Waals surface area contributed by atoms with Crippen LogP contribution in [0.15, 0.2) is 47.4 Å². The molecule has 6 nitrogen and oxygen atoms in total. The van der Waals surface area contributed by atoms with E-state index in [9.17, 15) is 4.79 Å². The molecule has 2 aromatic carbocycles. The summed E-state index contributed by atoms with van der Waals surface area (Å²) in [6, 6.07) is 13.9. The van der Waals surface area contributed by atoms with Gasteiger partial charge in [0.15, 0.2) is 5.13 Å². The van der Waals surface area contributed by atoms with Crippen LogP contribution in [0.25, 0.3) is 10.2 Å². The van der Waals surface area contributed by atoms with Gasteiger partial charge in [-0.3, -0.25) is 9.69 Å². The van der Waals surface area contributed by atoms with Crippen LogP contribution >= 0.6 is 35.5 Å². The van der Waals surface area contributed by atoms with Crippen LogP contribution in [0.1, 0.15) is 19.8 Å². The highest BCUT2D eigenvalue weighted by atomic mass is 35.5. The third kappa shape index (κ3) is 7.78. The fraction of sp³-hybridized carbons (Fsp3) is 0.417. The molecule has 0 saturated carbocycles. The third-order valence-corrected chi connectivity index (χ3v) is 6.98. The lowest BCUT2D eigenvalue weighted by Crippen LogP contribution is -2.36. The van der Waals surface area contributed by atoms with E-state index < -0.39 is 0 Å². The molecule has 0 N–H and O–H groups in total. The molecule has 9 heteroatoms. The highest BCUT2D eigenvalue weighted by molar-refractivity contribution is 7.99. The number of likely N-dealkylation sites (N-methyl/N-ethyl adjacent to an activating group) is 1. The largest absolute Gasteiger partial charge is 0.497 e. The molecule has 0 radical (unpaired) electrons. The molecule has 1 heterocycles. The second kappa shape index (κ2) is 13.6. The van der Waals surface area contributed by atoms with Gasteiger partial charge in [0.2, 0.25) is 5.91 Å².